The van der Waals surface area contributed by atoms with Crippen molar-refractivity contribution in [2.45, 2.75) is 5.40 Å². The van der Waals surface area contributed by atoms with Crippen LogP contribution in [0.15, 0.2) is 22.7 Å². The predicted octanol–water partition coefficient (Wildman–Crippen LogP) is -0.150. The van der Waals surface area contributed by atoms with Crippen LogP contribution in [0.5, 0.6) is 0 Å². The van der Waals surface area contributed by atoms with Gasteiger partial charge in [-0.3, -0.25) is 0 Å². The summed E-state index contributed by atoms with van der Waals surface area (Å²) in [6.45, 7) is 0. The standard InChI is InChI=1S/C8H6B2N2O2/c9-8(10,13)4-2-1-3-5-6(4)7(11)12-14-5/h1-3,13H,(H2,11,12). The molecule has 1 aromatic heterocycles. The molecule has 0 bridgehead atoms. The Balaban J connectivity index is 2.82. The van der Waals surface area contributed by atoms with E-state index in [4.69, 9.17) is 25.9 Å². The first-order chi connectivity index (χ1) is 6.50. The van der Waals surface area contributed by atoms with Crippen LogP contribution in [0, 0.1) is 0 Å². The zero-order chi connectivity index (χ0) is 10.3. The summed E-state index contributed by atoms with van der Waals surface area (Å²) < 4.78 is 4.89. The number of rotatable bonds is 1. The van der Waals surface area contributed by atoms with E-state index in [1.165, 1.54) is 0 Å². The van der Waals surface area contributed by atoms with Gasteiger partial charge < -0.3 is 15.4 Å². The molecule has 0 fully saturated rings. The maximum Gasteiger partial charge on any atom is 0.175 e. The molecule has 1 heterocycles. The van der Waals surface area contributed by atoms with Crippen LogP contribution in [0.2, 0.25) is 0 Å². The number of benzene rings is 1. The Morgan fingerprint density at radius 3 is 2.79 bits per heavy atom. The number of hydrogen-bond donors (Lipinski definition) is 2. The minimum absolute atomic E-state index is 0.157. The lowest BCUT2D eigenvalue weighted by Gasteiger charge is -2.19. The average molecular weight is 184 g/mol. The summed E-state index contributed by atoms with van der Waals surface area (Å²) in [6, 6.07) is 4.87. The first-order valence-electron chi connectivity index (χ1n) is 3.94. The van der Waals surface area contributed by atoms with Gasteiger partial charge in [0.1, 0.15) is 15.7 Å². The molecule has 0 aliphatic rings. The number of nitrogens with two attached hydrogens (primary N) is 1. The Labute approximate surface area is 82.9 Å². The van der Waals surface area contributed by atoms with Gasteiger partial charge in [0.25, 0.3) is 0 Å². The molecule has 4 radical (unpaired) electrons. The van der Waals surface area contributed by atoms with Gasteiger partial charge in [-0.05, 0) is 11.6 Å². The second-order valence-corrected chi connectivity index (χ2v) is 3.07. The zero-order valence-electron chi connectivity index (χ0n) is 7.27. The summed E-state index contributed by atoms with van der Waals surface area (Å²) in [5.41, 5.74) is 6.27. The molecule has 0 amide bonds. The molecule has 2 rings (SSSR count). The van der Waals surface area contributed by atoms with Gasteiger partial charge in [-0.1, -0.05) is 17.3 Å². The molecule has 6 heteroatoms. The van der Waals surface area contributed by atoms with Crippen LogP contribution in [0.1, 0.15) is 5.56 Å². The summed E-state index contributed by atoms with van der Waals surface area (Å²) in [7, 11) is 10.7. The van der Waals surface area contributed by atoms with Crippen molar-refractivity contribution in [1.29, 1.82) is 0 Å². The summed E-state index contributed by atoms with van der Waals surface area (Å²) in [5, 5.41) is 11.5. The molecule has 2 aromatic rings. The van der Waals surface area contributed by atoms with E-state index in [2.05, 4.69) is 5.16 Å². The third-order valence-corrected chi connectivity index (χ3v) is 1.96. The topological polar surface area (TPSA) is 72.3 Å². The molecular weight excluding hydrogens is 178 g/mol. The maximum absolute atomic E-state index is 9.46. The van der Waals surface area contributed by atoms with Crippen LogP contribution in [-0.4, -0.2) is 26.0 Å². The molecule has 0 aliphatic carbocycles. The summed E-state index contributed by atoms with van der Waals surface area (Å²) in [4.78, 5) is 0. The quantitative estimate of drug-likeness (QED) is 0.604. The third kappa shape index (κ3) is 1.28. The highest BCUT2D eigenvalue weighted by atomic mass is 16.5. The highest BCUT2D eigenvalue weighted by Gasteiger charge is 2.21. The smallest absolute Gasteiger partial charge is 0.175 e. The van der Waals surface area contributed by atoms with E-state index in [1.807, 2.05) is 0 Å². The monoisotopic (exact) mass is 184 g/mol. The van der Waals surface area contributed by atoms with Crippen LogP contribution in [0.4, 0.5) is 5.82 Å². The van der Waals surface area contributed by atoms with Crippen molar-refractivity contribution in [1.82, 2.24) is 5.16 Å². The van der Waals surface area contributed by atoms with Gasteiger partial charge in [0.05, 0.1) is 5.39 Å². The van der Waals surface area contributed by atoms with Crippen molar-refractivity contribution in [2.75, 3.05) is 5.73 Å². The lowest BCUT2D eigenvalue weighted by molar-refractivity contribution is 0.218. The van der Waals surface area contributed by atoms with Gasteiger partial charge in [-0.25, -0.2) is 0 Å². The molecule has 0 atom stereocenters. The predicted molar refractivity (Wildman–Crippen MR) is 53.8 cm³/mol. The number of nitrogens with zero attached hydrogens (tertiary/aromatic N) is 1. The van der Waals surface area contributed by atoms with Gasteiger partial charge in [0, 0.05) is 5.40 Å². The highest BCUT2D eigenvalue weighted by Crippen LogP contribution is 2.29. The van der Waals surface area contributed by atoms with Crippen LogP contribution in [0.25, 0.3) is 11.0 Å². The Hall–Kier alpha value is -1.42. The lowest BCUT2D eigenvalue weighted by Crippen LogP contribution is -2.26. The first-order valence-corrected chi connectivity index (χ1v) is 3.94. The van der Waals surface area contributed by atoms with Gasteiger partial charge in [0.2, 0.25) is 0 Å². The van der Waals surface area contributed by atoms with E-state index in [0.717, 1.165) is 0 Å². The Morgan fingerprint density at radius 1 is 1.43 bits per heavy atom. The van der Waals surface area contributed by atoms with Gasteiger partial charge >= 0.3 is 0 Å². The lowest BCUT2D eigenvalue weighted by atomic mass is 9.61. The Morgan fingerprint density at radius 2 is 2.14 bits per heavy atom. The maximum atomic E-state index is 9.46. The Bertz CT molecular complexity index is 476. The average Bonchev–Trinajstić information content (AvgIpc) is 2.46. The van der Waals surface area contributed by atoms with Crippen LogP contribution >= 0.6 is 0 Å². The molecule has 0 aliphatic heterocycles. The third-order valence-electron chi connectivity index (χ3n) is 1.96. The van der Waals surface area contributed by atoms with Crippen LogP contribution in [0.3, 0.4) is 0 Å². The summed E-state index contributed by atoms with van der Waals surface area (Å²) in [5.74, 6) is 0.157. The number of nitrogen functional groups attached to an aromatic ring is 1. The SMILES string of the molecule is [B]C([B])(O)c1cccc2onc(N)c12. The van der Waals surface area contributed by atoms with Crippen molar-refractivity contribution in [3.05, 3.63) is 23.8 Å². The van der Waals surface area contributed by atoms with E-state index in [9.17, 15) is 5.11 Å². The van der Waals surface area contributed by atoms with Crippen LogP contribution < -0.4 is 5.73 Å². The summed E-state index contributed by atoms with van der Waals surface area (Å²) >= 11 is 0. The normalized spacial score (nSPS) is 12.1. The first kappa shape index (κ1) is 9.15. The van der Waals surface area contributed by atoms with E-state index in [0.29, 0.717) is 11.0 Å². The van der Waals surface area contributed by atoms with Crippen molar-refractivity contribution >= 4 is 32.5 Å². The van der Waals surface area contributed by atoms with E-state index >= 15 is 0 Å². The molecule has 3 N–H and O–H groups in total. The molecule has 0 spiro atoms. The fourth-order valence-corrected chi connectivity index (χ4v) is 1.35. The second-order valence-electron chi connectivity index (χ2n) is 3.07. The van der Waals surface area contributed by atoms with E-state index in [1.54, 1.807) is 18.2 Å². The minimum atomic E-state index is -1.95. The van der Waals surface area contributed by atoms with Crippen LogP contribution in [-0.2, 0) is 5.40 Å². The molecule has 0 unspecified atom stereocenters. The molecule has 0 saturated heterocycles. The van der Waals surface area contributed by atoms with Crippen molar-refractivity contribution in [3.8, 4) is 0 Å². The fraction of sp³-hybridized carbons (Fsp3) is 0.125. The zero-order valence-corrected chi connectivity index (χ0v) is 7.27. The van der Waals surface area contributed by atoms with E-state index in [-0.39, 0.29) is 11.4 Å². The molecule has 14 heavy (non-hydrogen) atoms. The fourth-order valence-electron chi connectivity index (χ4n) is 1.35. The minimum Gasteiger partial charge on any atom is -0.405 e. The molecule has 66 valence electrons. The van der Waals surface area contributed by atoms with E-state index < -0.39 is 5.40 Å². The van der Waals surface area contributed by atoms with Crippen molar-refractivity contribution in [3.63, 3.8) is 0 Å². The largest absolute Gasteiger partial charge is 0.405 e. The van der Waals surface area contributed by atoms with Crippen molar-refractivity contribution < 1.29 is 9.63 Å². The summed E-state index contributed by atoms with van der Waals surface area (Å²) in [6.07, 6.45) is 0. The number of hydrogen-bond acceptors (Lipinski definition) is 4. The van der Waals surface area contributed by atoms with Gasteiger partial charge in [0.15, 0.2) is 11.4 Å². The number of aromatic nitrogens is 1. The van der Waals surface area contributed by atoms with Gasteiger partial charge in [-0.15, -0.1) is 0 Å². The highest BCUT2D eigenvalue weighted by molar-refractivity contribution is 6.39. The van der Waals surface area contributed by atoms with Crippen molar-refractivity contribution in [2.24, 2.45) is 0 Å². The molecule has 0 saturated carbocycles. The number of aliphatic hydroxyl groups is 1. The number of fused-ring (bicyclic) bond motifs is 1. The molecule has 4 nitrogen and oxygen atoms in total. The van der Waals surface area contributed by atoms with Gasteiger partial charge in [-0.2, -0.15) is 0 Å². The number of anilines is 1. The Kier molecular flexibility index (Phi) is 1.82. The molecular formula is C8H6B2N2O2. The second kappa shape index (κ2) is 2.78. The molecule has 1 aromatic carbocycles.